The zero-order valence-corrected chi connectivity index (χ0v) is 12.6. The van der Waals surface area contributed by atoms with Crippen LogP contribution in [-0.4, -0.2) is 36.7 Å². The fourth-order valence-electron chi connectivity index (χ4n) is 2.89. The van der Waals surface area contributed by atoms with Crippen LogP contribution in [0.1, 0.15) is 45.0 Å². The molecule has 0 radical (unpaired) electrons. The monoisotopic (exact) mass is 299 g/mol. The quantitative estimate of drug-likeness (QED) is 0.808. The third-order valence-corrected chi connectivity index (χ3v) is 5.12. The molecule has 6 nitrogen and oxygen atoms in total. The predicted molar refractivity (Wildman–Crippen MR) is 75.5 cm³/mol. The van der Waals surface area contributed by atoms with Crippen molar-refractivity contribution in [2.24, 2.45) is 11.8 Å². The molecule has 0 aromatic carbocycles. The molecule has 1 aromatic heterocycles. The Labute approximate surface area is 122 Å². The van der Waals surface area contributed by atoms with Gasteiger partial charge in [0.1, 0.15) is 6.61 Å². The summed E-state index contributed by atoms with van der Waals surface area (Å²) in [5, 5.41) is 26.9. The fraction of sp³-hybridized carbons (Fsp3) is 0.769. The fourth-order valence-corrected chi connectivity index (χ4v) is 3.62. The molecule has 1 aliphatic carbocycles. The van der Waals surface area contributed by atoms with Gasteiger partial charge >= 0.3 is 5.97 Å². The molecule has 2 rings (SSSR count). The van der Waals surface area contributed by atoms with E-state index in [1.165, 1.54) is 18.2 Å². The number of hydrogen-bond donors (Lipinski definition) is 2. The number of rotatable bonds is 5. The summed E-state index contributed by atoms with van der Waals surface area (Å²) >= 11 is 1.17. The van der Waals surface area contributed by atoms with Gasteiger partial charge in [0.2, 0.25) is 0 Å². The summed E-state index contributed by atoms with van der Waals surface area (Å²) in [6.45, 7) is 4.28. The van der Waals surface area contributed by atoms with Gasteiger partial charge in [0.15, 0.2) is 11.0 Å². The lowest BCUT2D eigenvalue weighted by Gasteiger charge is -2.35. The number of hydrogen-bond acceptors (Lipinski definition) is 5. The van der Waals surface area contributed by atoms with Gasteiger partial charge in [0.05, 0.1) is 5.75 Å². The van der Waals surface area contributed by atoms with E-state index in [9.17, 15) is 9.90 Å². The molecule has 0 aliphatic heterocycles. The first-order valence-corrected chi connectivity index (χ1v) is 7.92. The third-order valence-electron chi connectivity index (χ3n) is 4.20. The Morgan fingerprint density at radius 1 is 1.40 bits per heavy atom. The molecule has 2 N–H and O–H groups in total. The Hall–Kier alpha value is -1.08. The van der Waals surface area contributed by atoms with Gasteiger partial charge in [-0.2, -0.15) is 0 Å². The van der Waals surface area contributed by atoms with Crippen LogP contribution in [0, 0.1) is 11.8 Å². The molecular weight excluding hydrogens is 278 g/mol. The Morgan fingerprint density at radius 3 is 2.80 bits per heavy atom. The topological polar surface area (TPSA) is 88.2 Å². The second-order valence-corrected chi connectivity index (χ2v) is 6.39. The van der Waals surface area contributed by atoms with Crippen molar-refractivity contribution < 1.29 is 15.0 Å². The second-order valence-electron chi connectivity index (χ2n) is 5.44. The van der Waals surface area contributed by atoms with Crippen molar-refractivity contribution in [2.45, 2.75) is 50.9 Å². The number of carbonyl (C=O) groups is 1. The summed E-state index contributed by atoms with van der Waals surface area (Å²) in [7, 11) is 0. The lowest BCUT2D eigenvalue weighted by atomic mass is 9.78. The first-order valence-electron chi connectivity index (χ1n) is 6.93. The maximum Gasteiger partial charge on any atom is 0.313 e. The lowest BCUT2D eigenvalue weighted by molar-refractivity contribution is -0.133. The number of aliphatic hydroxyl groups is 1. The second kappa shape index (κ2) is 6.58. The van der Waals surface area contributed by atoms with Crippen LogP contribution in [0.15, 0.2) is 5.16 Å². The van der Waals surface area contributed by atoms with Gasteiger partial charge in [-0.3, -0.25) is 4.79 Å². The minimum Gasteiger partial charge on any atom is -0.481 e. The van der Waals surface area contributed by atoms with Gasteiger partial charge in [-0.1, -0.05) is 38.5 Å². The van der Waals surface area contributed by atoms with Gasteiger partial charge in [-0.15, -0.1) is 10.2 Å². The number of aliphatic hydroxyl groups excluding tert-OH is 1. The van der Waals surface area contributed by atoms with E-state index >= 15 is 0 Å². The van der Waals surface area contributed by atoms with Gasteiger partial charge < -0.3 is 14.8 Å². The molecular formula is C13H21N3O3S. The van der Waals surface area contributed by atoms with E-state index in [0.717, 1.165) is 12.8 Å². The average Bonchev–Trinajstić information content (AvgIpc) is 2.82. The Kier molecular flexibility index (Phi) is 5.04. The highest BCUT2D eigenvalue weighted by Crippen LogP contribution is 2.39. The van der Waals surface area contributed by atoms with E-state index in [1.807, 2.05) is 4.57 Å². The summed E-state index contributed by atoms with van der Waals surface area (Å²) in [4.78, 5) is 10.7. The summed E-state index contributed by atoms with van der Waals surface area (Å²) in [6.07, 6.45) is 3.38. The van der Waals surface area contributed by atoms with Crippen molar-refractivity contribution in [2.75, 3.05) is 5.75 Å². The first kappa shape index (κ1) is 15.3. The molecule has 0 spiro atoms. The van der Waals surface area contributed by atoms with Crippen LogP contribution >= 0.6 is 11.8 Å². The lowest BCUT2D eigenvalue weighted by Crippen LogP contribution is -2.28. The first-order chi connectivity index (χ1) is 9.54. The molecule has 1 aliphatic rings. The molecule has 1 aromatic rings. The number of aromatic nitrogens is 3. The van der Waals surface area contributed by atoms with E-state index in [4.69, 9.17) is 5.11 Å². The van der Waals surface area contributed by atoms with E-state index in [-0.39, 0.29) is 18.4 Å². The highest BCUT2D eigenvalue weighted by Gasteiger charge is 2.31. The van der Waals surface area contributed by atoms with Crippen LogP contribution in [0.25, 0.3) is 0 Å². The number of carboxylic acids is 1. The van der Waals surface area contributed by atoms with Gasteiger partial charge in [-0.25, -0.2) is 0 Å². The normalized spacial score (nSPS) is 26.6. The van der Waals surface area contributed by atoms with Crippen molar-refractivity contribution in [3.63, 3.8) is 0 Å². The molecule has 3 atom stereocenters. The summed E-state index contributed by atoms with van der Waals surface area (Å²) in [6, 6.07) is 0.243. The zero-order valence-electron chi connectivity index (χ0n) is 11.8. The smallest absolute Gasteiger partial charge is 0.313 e. The van der Waals surface area contributed by atoms with Crippen LogP contribution in [0.3, 0.4) is 0 Å². The number of nitrogens with zero attached hydrogens (tertiary/aromatic N) is 3. The Balaban J connectivity index is 2.27. The van der Waals surface area contributed by atoms with Crippen LogP contribution in [0.2, 0.25) is 0 Å². The minimum atomic E-state index is -0.875. The standard InChI is InChI=1S/C13H21N3O3S/c1-8-4-3-5-10(9(8)2)16-11(6-17)14-15-13(16)20-7-12(18)19/h8-10,17H,3-7H2,1-2H3,(H,18,19). The van der Waals surface area contributed by atoms with E-state index in [1.54, 1.807) is 0 Å². The van der Waals surface area contributed by atoms with E-state index < -0.39 is 5.97 Å². The van der Waals surface area contributed by atoms with Crippen molar-refractivity contribution in [3.05, 3.63) is 5.82 Å². The van der Waals surface area contributed by atoms with Gasteiger partial charge in [0.25, 0.3) is 0 Å². The predicted octanol–water partition coefficient (Wildman–Crippen LogP) is 1.94. The average molecular weight is 299 g/mol. The molecule has 20 heavy (non-hydrogen) atoms. The van der Waals surface area contributed by atoms with E-state index in [0.29, 0.717) is 22.8 Å². The van der Waals surface area contributed by atoms with E-state index in [2.05, 4.69) is 24.0 Å². The van der Waals surface area contributed by atoms with Crippen LogP contribution in [0.5, 0.6) is 0 Å². The molecule has 0 bridgehead atoms. The zero-order chi connectivity index (χ0) is 14.7. The number of carboxylic acid groups (broad SMARTS) is 1. The maximum absolute atomic E-state index is 10.7. The molecule has 1 saturated carbocycles. The highest BCUT2D eigenvalue weighted by molar-refractivity contribution is 7.99. The summed E-state index contributed by atoms with van der Waals surface area (Å²) in [5.41, 5.74) is 0. The van der Waals surface area contributed by atoms with Crippen LogP contribution < -0.4 is 0 Å². The highest BCUT2D eigenvalue weighted by atomic mass is 32.2. The molecule has 112 valence electrons. The molecule has 1 heterocycles. The van der Waals surface area contributed by atoms with Crippen molar-refractivity contribution >= 4 is 17.7 Å². The molecule has 0 amide bonds. The minimum absolute atomic E-state index is 0.0415. The van der Waals surface area contributed by atoms with Gasteiger partial charge in [0, 0.05) is 6.04 Å². The van der Waals surface area contributed by atoms with Gasteiger partial charge in [-0.05, 0) is 18.3 Å². The largest absolute Gasteiger partial charge is 0.481 e. The number of thioether (sulfide) groups is 1. The van der Waals surface area contributed by atoms with Crippen molar-refractivity contribution in [3.8, 4) is 0 Å². The van der Waals surface area contributed by atoms with Crippen molar-refractivity contribution in [1.29, 1.82) is 0 Å². The Morgan fingerprint density at radius 2 is 2.15 bits per heavy atom. The van der Waals surface area contributed by atoms with Crippen LogP contribution in [-0.2, 0) is 11.4 Å². The number of aliphatic carboxylic acids is 1. The maximum atomic E-state index is 10.7. The Bertz CT molecular complexity index is 477. The summed E-state index contributed by atoms with van der Waals surface area (Å²) in [5.74, 6) is 0.693. The third kappa shape index (κ3) is 3.15. The molecule has 1 fully saturated rings. The molecule has 0 saturated heterocycles. The molecule has 7 heteroatoms. The SMILES string of the molecule is CC1CCCC(n2c(CO)nnc2SCC(=O)O)C1C. The molecule has 3 unspecified atom stereocenters. The summed E-state index contributed by atoms with van der Waals surface area (Å²) < 4.78 is 1.95. The van der Waals surface area contributed by atoms with Crippen molar-refractivity contribution in [1.82, 2.24) is 14.8 Å². The van der Waals surface area contributed by atoms with Crippen LogP contribution in [0.4, 0.5) is 0 Å².